The van der Waals surface area contributed by atoms with E-state index in [-0.39, 0.29) is 13.2 Å². The lowest BCUT2D eigenvalue weighted by Gasteiger charge is -2.30. The lowest BCUT2D eigenvalue weighted by Crippen LogP contribution is -2.45. The number of benzene rings is 4. The maximum Gasteiger partial charge on any atom is 0.338 e. The molecule has 9 nitrogen and oxygen atoms in total. The van der Waals surface area contributed by atoms with E-state index in [9.17, 15) is 9.59 Å². The van der Waals surface area contributed by atoms with Gasteiger partial charge in [0.25, 0.3) is 5.91 Å². The van der Waals surface area contributed by atoms with E-state index < -0.39 is 17.9 Å². The van der Waals surface area contributed by atoms with Crippen LogP contribution in [0, 0.1) is 0 Å². The fourth-order valence-electron chi connectivity index (χ4n) is 4.84. The molecular formula is C34H32N4O5S. The Kier molecular flexibility index (Phi) is 9.83. The van der Waals surface area contributed by atoms with E-state index in [0.717, 1.165) is 16.9 Å². The number of hydrogen-bond donors (Lipinski definition) is 3. The minimum absolute atomic E-state index is 0.232. The van der Waals surface area contributed by atoms with E-state index in [4.69, 9.17) is 26.4 Å². The van der Waals surface area contributed by atoms with Crippen LogP contribution < -0.4 is 25.5 Å². The van der Waals surface area contributed by atoms with Crippen LogP contribution in [0.25, 0.3) is 10.8 Å². The number of ether oxygens (including phenoxy) is 3. The molecule has 1 aliphatic rings. The summed E-state index contributed by atoms with van der Waals surface area (Å²) in [6, 6.07) is 28.3. The van der Waals surface area contributed by atoms with E-state index >= 15 is 0 Å². The molecule has 4 aromatic rings. The Morgan fingerprint density at radius 2 is 1.70 bits per heavy atom. The minimum atomic E-state index is -0.612. The average Bonchev–Trinajstić information content (AvgIpc) is 3.03. The highest BCUT2D eigenvalue weighted by molar-refractivity contribution is 7.80. The molecule has 0 aliphatic carbocycles. The van der Waals surface area contributed by atoms with Gasteiger partial charge in [-0.3, -0.25) is 4.79 Å². The van der Waals surface area contributed by atoms with Crippen molar-refractivity contribution in [3.05, 3.63) is 119 Å². The summed E-state index contributed by atoms with van der Waals surface area (Å²) in [7, 11) is 0. The second-order valence-corrected chi connectivity index (χ2v) is 10.3. The molecule has 0 aromatic heterocycles. The first kappa shape index (κ1) is 30.2. The number of nitrogens with zero attached hydrogens (tertiary/aromatic N) is 1. The Hall–Kier alpha value is -5.22. The molecule has 3 N–H and O–H groups in total. The summed E-state index contributed by atoms with van der Waals surface area (Å²) >= 11 is 5.32. The number of thiocarbonyl (C=S) groups is 1. The van der Waals surface area contributed by atoms with Gasteiger partial charge in [0.2, 0.25) is 0 Å². The Labute approximate surface area is 260 Å². The number of amides is 1. The zero-order valence-electron chi connectivity index (χ0n) is 24.3. The number of allylic oxidation sites excluding steroid dienone is 1. The SMILES string of the molecule is CCOC(=O)C1=C(C)NC(=S)N[C@H]1c1ccccc1OCC(=O)NN=Cc1ccc(OCc2cccc3ccccc23)cc1. The summed E-state index contributed by atoms with van der Waals surface area (Å²) in [4.78, 5) is 25.3. The molecule has 5 rings (SSSR count). The molecule has 1 aliphatic heterocycles. The van der Waals surface area contributed by atoms with E-state index in [0.29, 0.717) is 34.3 Å². The van der Waals surface area contributed by atoms with Crippen LogP contribution in [-0.2, 0) is 20.9 Å². The fourth-order valence-corrected chi connectivity index (χ4v) is 5.11. The van der Waals surface area contributed by atoms with E-state index in [1.807, 2.05) is 48.5 Å². The third-order valence-corrected chi connectivity index (χ3v) is 7.13. The third kappa shape index (κ3) is 7.40. The second-order valence-electron chi connectivity index (χ2n) is 9.91. The van der Waals surface area contributed by atoms with Gasteiger partial charge < -0.3 is 24.8 Å². The summed E-state index contributed by atoms with van der Waals surface area (Å²) in [5.74, 6) is 0.231. The number of hydrogen-bond acceptors (Lipinski definition) is 7. The first-order valence-corrected chi connectivity index (χ1v) is 14.5. The molecule has 1 atom stereocenters. The van der Waals surface area contributed by atoms with Crippen LogP contribution in [0.3, 0.4) is 0 Å². The predicted molar refractivity (Wildman–Crippen MR) is 173 cm³/mol. The van der Waals surface area contributed by atoms with Crippen molar-refractivity contribution in [3.63, 3.8) is 0 Å². The van der Waals surface area contributed by atoms with Crippen LogP contribution in [0.2, 0.25) is 0 Å². The summed E-state index contributed by atoms with van der Waals surface area (Å²) in [6.45, 7) is 3.90. The zero-order chi connectivity index (χ0) is 30.9. The first-order valence-electron chi connectivity index (χ1n) is 14.1. The van der Waals surface area contributed by atoms with Crippen LogP contribution in [0.1, 0.15) is 36.6 Å². The van der Waals surface area contributed by atoms with Crippen molar-refractivity contribution in [2.45, 2.75) is 26.5 Å². The van der Waals surface area contributed by atoms with Crippen molar-refractivity contribution in [2.24, 2.45) is 5.10 Å². The molecule has 0 fully saturated rings. The Morgan fingerprint density at radius 1 is 0.955 bits per heavy atom. The zero-order valence-corrected chi connectivity index (χ0v) is 25.1. The molecule has 10 heteroatoms. The van der Waals surface area contributed by atoms with Crippen LogP contribution in [0.4, 0.5) is 0 Å². The monoisotopic (exact) mass is 608 g/mol. The maximum atomic E-state index is 12.7. The van der Waals surface area contributed by atoms with Gasteiger partial charge >= 0.3 is 5.97 Å². The van der Waals surface area contributed by atoms with Crippen molar-refractivity contribution in [2.75, 3.05) is 13.2 Å². The first-order chi connectivity index (χ1) is 21.4. The molecule has 0 radical (unpaired) electrons. The van der Waals surface area contributed by atoms with Crippen molar-refractivity contribution >= 4 is 46.2 Å². The number of esters is 1. The number of hydrazone groups is 1. The highest BCUT2D eigenvalue weighted by Gasteiger charge is 2.32. The van der Waals surface area contributed by atoms with E-state index in [1.54, 1.807) is 38.3 Å². The minimum Gasteiger partial charge on any atom is -0.489 e. The van der Waals surface area contributed by atoms with Gasteiger partial charge in [0.15, 0.2) is 11.7 Å². The second kappa shape index (κ2) is 14.3. The number of carbonyl (C=O) groups is 2. The van der Waals surface area contributed by atoms with Crippen molar-refractivity contribution in [1.82, 2.24) is 16.1 Å². The van der Waals surface area contributed by atoms with Gasteiger partial charge in [0.05, 0.1) is 24.4 Å². The molecule has 0 bridgehead atoms. The Bertz CT molecular complexity index is 1730. The Morgan fingerprint density at radius 3 is 2.52 bits per heavy atom. The number of fused-ring (bicyclic) bond motifs is 1. The largest absolute Gasteiger partial charge is 0.489 e. The van der Waals surface area contributed by atoms with Gasteiger partial charge in [0.1, 0.15) is 18.1 Å². The van der Waals surface area contributed by atoms with Gasteiger partial charge in [0, 0.05) is 11.3 Å². The predicted octanol–water partition coefficient (Wildman–Crippen LogP) is 5.30. The number of para-hydroxylation sites is 1. The summed E-state index contributed by atoms with van der Waals surface area (Å²) in [5, 5.41) is 12.8. The van der Waals surface area contributed by atoms with Crippen molar-refractivity contribution in [1.29, 1.82) is 0 Å². The molecule has 224 valence electrons. The summed E-state index contributed by atoms with van der Waals surface area (Å²) < 4.78 is 17.1. The van der Waals surface area contributed by atoms with Crippen LogP contribution in [0.5, 0.6) is 11.5 Å². The lowest BCUT2D eigenvalue weighted by molar-refractivity contribution is -0.139. The topological polar surface area (TPSA) is 110 Å². The highest BCUT2D eigenvalue weighted by atomic mass is 32.1. The number of rotatable bonds is 11. The summed E-state index contributed by atoms with van der Waals surface area (Å²) in [6.07, 6.45) is 1.54. The molecule has 44 heavy (non-hydrogen) atoms. The lowest BCUT2D eigenvalue weighted by atomic mass is 9.95. The van der Waals surface area contributed by atoms with Gasteiger partial charge in [-0.1, -0.05) is 60.7 Å². The van der Waals surface area contributed by atoms with Crippen LogP contribution >= 0.6 is 12.2 Å². The van der Waals surface area contributed by atoms with Crippen LogP contribution in [-0.4, -0.2) is 36.4 Å². The summed E-state index contributed by atoms with van der Waals surface area (Å²) in [5.41, 5.74) is 5.99. The molecular weight excluding hydrogens is 576 g/mol. The smallest absolute Gasteiger partial charge is 0.338 e. The fraction of sp³-hybridized carbons (Fsp3) is 0.176. The van der Waals surface area contributed by atoms with Gasteiger partial charge in [-0.15, -0.1) is 0 Å². The van der Waals surface area contributed by atoms with Gasteiger partial charge in [-0.05, 0) is 78.3 Å². The van der Waals surface area contributed by atoms with Crippen molar-refractivity contribution < 1.29 is 23.8 Å². The highest BCUT2D eigenvalue weighted by Crippen LogP contribution is 2.33. The number of carbonyl (C=O) groups excluding carboxylic acids is 2. The molecule has 0 saturated carbocycles. The van der Waals surface area contributed by atoms with Crippen LogP contribution in [0.15, 0.2) is 107 Å². The van der Waals surface area contributed by atoms with Crippen molar-refractivity contribution in [3.8, 4) is 11.5 Å². The average molecular weight is 609 g/mol. The van der Waals surface area contributed by atoms with Gasteiger partial charge in [-0.2, -0.15) is 5.10 Å². The van der Waals surface area contributed by atoms with E-state index in [2.05, 4.69) is 45.4 Å². The molecule has 0 unspecified atom stereocenters. The Balaban J connectivity index is 1.15. The maximum absolute atomic E-state index is 12.7. The van der Waals surface area contributed by atoms with Gasteiger partial charge in [-0.25, -0.2) is 10.2 Å². The molecule has 0 spiro atoms. The number of nitrogens with one attached hydrogen (secondary N) is 3. The molecule has 4 aromatic carbocycles. The molecule has 1 amide bonds. The molecule has 0 saturated heterocycles. The standard InChI is InChI=1S/C34H32N4O5S/c1-3-41-33(40)31-22(2)36-34(44)37-32(31)28-13-6-7-14-29(28)43-21-30(39)38-35-19-23-15-17-26(18-16-23)42-20-25-11-8-10-24-9-4-5-12-27(24)25/h4-19,32H,3,20-21H2,1-2H3,(H,38,39)(H2,36,37,44)/t32-/m0/s1. The quantitative estimate of drug-likeness (QED) is 0.0911. The van der Waals surface area contributed by atoms with E-state index in [1.165, 1.54) is 10.8 Å². The normalized spacial score (nSPS) is 14.6. The third-order valence-electron chi connectivity index (χ3n) is 6.91. The molecule has 1 heterocycles.